The Hall–Kier alpha value is -2.63. The normalized spacial score (nSPS) is 25.1. The molecule has 0 bridgehead atoms. The number of aliphatic carboxylic acids is 1. The molecule has 1 aliphatic rings. The third kappa shape index (κ3) is 21.1. The molecule has 0 aliphatic carbocycles. The number of hydroxylamine groups is 2. The molecule has 2 amide bonds. The fraction of sp³-hybridized carbons (Fsp3) is 0.932. The SMILES string of the molecule is COC(C(O)C(O)[C@@H](CCO)O[C@H](OC)C(O)C(O[C@]1(C(=O)O)CC(O)[C@@H](NC(C)=O)C(C[C@H](O)CO)O1)[C@H](CCO)O[C@H](OC)C(NC(C)=O)C(O[C@H](OC)C(O)C(O)[C@@H](O)CCO)[C@@H](O)CCO)N(CCN)OC. The number of carboxylic acid groups (broad SMARTS) is 1. The summed E-state index contributed by atoms with van der Waals surface area (Å²) in [6.45, 7) is -1.95. The Balaban J connectivity index is 4.32. The van der Waals surface area contributed by atoms with Gasteiger partial charge < -0.3 is 136 Å². The monoisotopic (exact) mass is 1120 g/mol. The number of nitrogens with zero attached hydrogens (tertiary/aromatic N) is 1. The Morgan fingerprint density at radius 2 is 1.21 bits per heavy atom. The lowest BCUT2D eigenvalue weighted by atomic mass is 9.89. The van der Waals surface area contributed by atoms with Gasteiger partial charge in [-0.25, -0.2) is 4.79 Å². The van der Waals surface area contributed by atoms with Gasteiger partial charge in [0.1, 0.15) is 48.8 Å². The van der Waals surface area contributed by atoms with Gasteiger partial charge in [-0.2, -0.15) is 5.06 Å². The number of hydrogen-bond donors (Lipinski definition) is 18. The van der Waals surface area contributed by atoms with Gasteiger partial charge in [-0.15, -0.1) is 0 Å². The van der Waals surface area contributed by atoms with Crippen LogP contribution >= 0.6 is 0 Å². The lowest BCUT2D eigenvalue weighted by Crippen LogP contribution is -2.67. The Labute approximate surface area is 439 Å². The average Bonchev–Trinajstić information content (AvgIpc) is 3.37. The summed E-state index contributed by atoms with van der Waals surface area (Å²) in [5, 5.41) is 168. The lowest BCUT2D eigenvalue weighted by molar-refractivity contribution is -0.349. The van der Waals surface area contributed by atoms with Crippen molar-refractivity contribution in [1.29, 1.82) is 0 Å². The van der Waals surface area contributed by atoms with Crippen LogP contribution in [0.3, 0.4) is 0 Å². The van der Waals surface area contributed by atoms with E-state index in [1.165, 1.54) is 7.11 Å². The van der Waals surface area contributed by atoms with Crippen molar-refractivity contribution in [2.75, 3.05) is 81.7 Å². The summed E-state index contributed by atoms with van der Waals surface area (Å²) in [7, 11) is 5.29. The van der Waals surface area contributed by atoms with Crippen LogP contribution < -0.4 is 16.4 Å². The summed E-state index contributed by atoms with van der Waals surface area (Å²) < 4.78 is 52.2. The van der Waals surface area contributed by atoms with Crippen LogP contribution in [-0.2, 0) is 61.9 Å². The molecule has 450 valence electrons. The second-order valence-electron chi connectivity index (χ2n) is 17.7. The molecule has 0 spiro atoms. The molecule has 76 heavy (non-hydrogen) atoms. The van der Waals surface area contributed by atoms with Gasteiger partial charge in [0.25, 0.3) is 5.79 Å². The van der Waals surface area contributed by atoms with Crippen LogP contribution in [0.5, 0.6) is 0 Å². The minimum atomic E-state index is -3.17. The molecular formula is C44H86N4O28. The lowest BCUT2D eigenvalue weighted by Gasteiger charge is -2.48. The first-order valence-corrected chi connectivity index (χ1v) is 24.3. The highest BCUT2D eigenvalue weighted by Crippen LogP contribution is 2.37. The maximum Gasteiger partial charge on any atom is 0.364 e. The van der Waals surface area contributed by atoms with Gasteiger partial charge in [0.05, 0.1) is 62.5 Å². The van der Waals surface area contributed by atoms with Gasteiger partial charge >= 0.3 is 5.97 Å². The van der Waals surface area contributed by atoms with Crippen molar-refractivity contribution in [3.8, 4) is 0 Å². The maximum atomic E-state index is 13.6. The van der Waals surface area contributed by atoms with Crippen LogP contribution in [0.4, 0.5) is 0 Å². The number of amides is 2. The van der Waals surface area contributed by atoms with Crippen molar-refractivity contribution >= 4 is 17.8 Å². The number of methoxy groups -OCH3 is 4. The maximum absolute atomic E-state index is 13.6. The predicted molar refractivity (Wildman–Crippen MR) is 253 cm³/mol. The molecule has 0 aromatic rings. The van der Waals surface area contributed by atoms with E-state index in [9.17, 15) is 91.0 Å². The molecular weight excluding hydrogens is 1030 g/mol. The van der Waals surface area contributed by atoms with E-state index in [0.29, 0.717) is 0 Å². The first-order valence-electron chi connectivity index (χ1n) is 24.3. The molecule has 0 aromatic carbocycles. The van der Waals surface area contributed by atoms with Crippen LogP contribution in [0.2, 0.25) is 0 Å². The van der Waals surface area contributed by atoms with Crippen molar-refractivity contribution in [2.24, 2.45) is 5.73 Å². The summed E-state index contributed by atoms with van der Waals surface area (Å²) in [6, 6.07) is -3.33. The molecule has 1 saturated heterocycles. The van der Waals surface area contributed by atoms with Gasteiger partial charge in [-0.3, -0.25) is 14.4 Å². The average molecular weight is 1120 g/mol. The van der Waals surface area contributed by atoms with Crippen LogP contribution in [0.1, 0.15) is 52.4 Å². The minimum absolute atomic E-state index is 0.0107. The van der Waals surface area contributed by atoms with E-state index >= 15 is 0 Å². The fourth-order valence-electron chi connectivity index (χ4n) is 8.41. The van der Waals surface area contributed by atoms with Gasteiger partial charge in [0, 0.05) is 94.6 Å². The third-order valence-electron chi connectivity index (χ3n) is 12.2. The zero-order chi connectivity index (χ0) is 58.0. The van der Waals surface area contributed by atoms with E-state index in [0.717, 1.165) is 47.3 Å². The summed E-state index contributed by atoms with van der Waals surface area (Å²) in [6.07, 6.45) is -39.2. The quantitative estimate of drug-likeness (QED) is 0.0199. The first kappa shape index (κ1) is 71.4. The molecule has 32 heteroatoms. The van der Waals surface area contributed by atoms with Crippen LogP contribution in [0.15, 0.2) is 0 Å². The van der Waals surface area contributed by atoms with Crippen LogP contribution in [-0.4, -0.2) is 310 Å². The second kappa shape index (κ2) is 36.6. The van der Waals surface area contributed by atoms with Gasteiger partial charge in [-0.1, -0.05) is 0 Å². The van der Waals surface area contributed by atoms with Gasteiger partial charge in [0.15, 0.2) is 25.1 Å². The number of aliphatic hydroxyl groups excluding tert-OH is 14. The standard InChI is InChI=1S/C44H86N4O28/c1-21(54)46-30-26(59)19-44(43(65)66,75-29(30)18-23(56)20-53)76-38(36(64)42(70-6)72-27(10-16-51)33(61)34(62)39(67-3)48(71-7)13-12-45)28(11-17-52)73-40(68-4)31(47-22(2)55)37(25(58)9-15-50)74-41(69-5)35(63)32(60)24(57)8-14-49/h23-42,49-53,56-64H,8-20,45H2,1-7H3,(H,46,54)(H,47,55)(H,65,66)/t23-,24-,25-,26?,27+,28-,29?,30+,31?,32?,33?,34?,35?,36?,37?,38?,39?,40-,41-,42-,44-/m0/s1. The predicted octanol–water partition coefficient (Wildman–Crippen LogP) is -9.02. The van der Waals surface area contributed by atoms with Crippen molar-refractivity contribution in [3.05, 3.63) is 0 Å². The zero-order valence-electron chi connectivity index (χ0n) is 43.8. The molecule has 0 saturated carbocycles. The third-order valence-corrected chi connectivity index (χ3v) is 12.2. The molecule has 1 fully saturated rings. The largest absolute Gasteiger partial charge is 0.477 e. The zero-order valence-corrected chi connectivity index (χ0v) is 43.8. The number of carboxylic acids is 1. The molecule has 1 heterocycles. The molecule has 0 aromatic heterocycles. The number of nitrogens with two attached hydrogens (primary N) is 1. The number of ether oxygens (including phenoxy) is 9. The fourth-order valence-corrected chi connectivity index (χ4v) is 8.41. The number of rotatable bonds is 42. The summed E-state index contributed by atoms with van der Waals surface area (Å²) in [4.78, 5) is 44.1. The van der Waals surface area contributed by atoms with E-state index in [-0.39, 0.29) is 13.1 Å². The first-order chi connectivity index (χ1) is 35.9. The summed E-state index contributed by atoms with van der Waals surface area (Å²) in [5.41, 5.74) is 5.67. The van der Waals surface area contributed by atoms with E-state index in [1.807, 2.05) is 0 Å². The molecule has 19 N–H and O–H groups in total. The summed E-state index contributed by atoms with van der Waals surface area (Å²) in [5.74, 6) is -6.83. The molecule has 11 unspecified atom stereocenters. The Morgan fingerprint density at radius 3 is 1.68 bits per heavy atom. The highest BCUT2D eigenvalue weighted by molar-refractivity contribution is 5.76. The molecule has 1 aliphatic heterocycles. The van der Waals surface area contributed by atoms with Crippen LogP contribution in [0, 0.1) is 0 Å². The number of hydrogen-bond acceptors (Lipinski definition) is 29. The Morgan fingerprint density at radius 1 is 0.671 bits per heavy atom. The summed E-state index contributed by atoms with van der Waals surface area (Å²) >= 11 is 0. The molecule has 32 nitrogen and oxygen atoms in total. The topological polar surface area (TPSA) is 500 Å². The van der Waals surface area contributed by atoms with Crippen LogP contribution in [0.25, 0.3) is 0 Å². The van der Waals surface area contributed by atoms with E-state index in [4.69, 9.17) is 53.2 Å². The second-order valence-corrected chi connectivity index (χ2v) is 17.7. The van der Waals surface area contributed by atoms with Crippen molar-refractivity contribution in [3.63, 3.8) is 0 Å². The highest BCUT2D eigenvalue weighted by atomic mass is 16.8. The highest BCUT2D eigenvalue weighted by Gasteiger charge is 2.57. The molecule has 0 radical (unpaired) electrons. The van der Waals surface area contributed by atoms with Crippen molar-refractivity contribution in [1.82, 2.24) is 15.7 Å². The van der Waals surface area contributed by atoms with E-state index in [1.54, 1.807) is 0 Å². The van der Waals surface area contributed by atoms with E-state index in [2.05, 4.69) is 10.6 Å². The number of carbonyl (C=O) groups excluding carboxylic acids is 2. The van der Waals surface area contributed by atoms with Crippen molar-refractivity contribution in [2.45, 2.75) is 181 Å². The van der Waals surface area contributed by atoms with E-state index < -0.39 is 218 Å². The smallest absolute Gasteiger partial charge is 0.364 e. The number of aliphatic hydroxyl groups is 14. The van der Waals surface area contributed by atoms with Gasteiger partial charge in [0.2, 0.25) is 11.8 Å². The van der Waals surface area contributed by atoms with Crippen molar-refractivity contribution < 1.29 is 138 Å². The van der Waals surface area contributed by atoms with Gasteiger partial charge in [-0.05, 0) is 25.7 Å². The molecule has 1 rings (SSSR count). The molecule has 21 atom stereocenters. The minimum Gasteiger partial charge on any atom is -0.477 e. The Kier molecular flexibility index (Phi) is 34.4. The Bertz CT molecular complexity index is 1600. The number of nitrogens with one attached hydrogen (secondary N) is 2. The number of carbonyl (C=O) groups is 3.